The quantitative estimate of drug-likeness (QED) is 0.123. The Bertz CT molecular complexity index is 2070. The molecule has 1 saturated carbocycles. The number of rotatable bonds is 3. The van der Waals surface area contributed by atoms with Gasteiger partial charge in [0.05, 0.1) is 34.4 Å². The highest BCUT2D eigenvalue weighted by Gasteiger charge is 2.46. The molecule has 0 bridgehead atoms. The van der Waals surface area contributed by atoms with Crippen LogP contribution in [-0.4, -0.2) is 0 Å². The molecule has 48 heavy (non-hydrogen) atoms. The zero-order valence-electron chi connectivity index (χ0n) is 22.2. The largest absolute Gasteiger partial charge is 0.237 e. The molecular weight excluding hydrogens is 672 g/mol. The van der Waals surface area contributed by atoms with Gasteiger partial charge in [-0.1, -0.05) is 0 Å². The summed E-state index contributed by atoms with van der Waals surface area (Å²) in [6.07, 6.45) is 0. The van der Waals surface area contributed by atoms with Gasteiger partial charge < -0.3 is 0 Å². The molecule has 0 aliphatic heterocycles. The Morgan fingerprint density at radius 2 is 0.646 bits per heavy atom. The molecule has 0 radical (unpaired) electrons. The lowest BCUT2D eigenvalue weighted by Gasteiger charge is -2.08. The minimum atomic E-state index is -2.52. The summed E-state index contributed by atoms with van der Waals surface area (Å²) in [6, 6.07) is 4.23. The number of nitriles is 5. The molecule has 0 unspecified atom stereocenters. The minimum absolute atomic E-state index is 0.769. The van der Waals surface area contributed by atoms with Crippen molar-refractivity contribution in [1.82, 2.24) is 0 Å². The fourth-order valence-corrected chi connectivity index (χ4v) is 4.47. The maximum Gasteiger partial charge on any atom is 0.208 e. The van der Waals surface area contributed by atoms with Crippen molar-refractivity contribution in [2.24, 2.45) is 0 Å². The van der Waals surface area contributed by atoms with Crippen molar-refractivity contribution in [1.29, 1.82) is 26.3 Å². The number of halogens is 12. The maximum atomic E-state index is 15.0. The first kappa shape index (κ1) is 33.9. The molecule has 6 nitrogen and oxygen atoms in total. The molecule has 0 heterocycles. The van der Waals surface area contributed by atoms with E-state index in [2.05, 4.69) is 4.85 Å². The molecular formula is C30F12N6. The van der Waals surface area contributed by atoms with E-state index < -0.39 is 137 Å². The van der Waals surface area contributed by atoms with Crippen LogP contribution in [0.3, 0.4) is 0 Å². The zero-order chi connectivity index (χ0) is 36.1. The third-order valence-electron chi connectivity index (χ3n) is 6.62. The van der Waals surface area contributed by atoms with Gasteiger partial charge in [0.15, 0.2) is 69.8 Å². The average molecular weight is 672 g/mol. The third kappa shape index (κ3) is 4.57. The fraction of sp³-hybridized carbons (Fsp3) is 0. The fourth-order valence-electron chi connectivity index (χ4n) is 4.47. The van der Waals surface area contributed by atoms with Crippen LogP contribution in [0, 0.1) is 133 Å². The van der Waals surface area contributed by atoms with Crippen molar-refractivity contribution >= 4 is 16.8 Å². The van der Waals surface area contributed by atoms with Gasteiger partial charge in [-0.25, -0.2) is 57.5 Å². The van der Waals surface area contributed by atoms with Gasteiger partial charge in [-0.15, -0.1) is 0 Å². The highest BCUT2D eigenvalue weighted by Crippen LogP contribution is 2.57. The molecule has 234 valence electrons. The summed E-state index contributed by atoms with van der Waals surface area (Å²) in [7, 11) is 0. The molecule has 3 aromatic carbocycles. The van der Waals surface area contributed by atoms with Gasteiger partial charge in [-0.3, -0.25) is 0 Å². The van der Waals surface area contributed by atoms with E-state index in [1.54, 1.807) is 0 Å². The molecule has 3 aromatic rings. The van der Waals surface area contributed by atoms with Crippen LogP contribution in [0.1, 0.15) is 33.4 Å². The van der Waals surface area contributed by atoms with Crippen molar-refractivity contribution in [2.45, 2.75) is 0 Å². The van der Waals surface area contributed by atoms with Crippen LogP contribution < -0.4 is 0 Å². The van der Waals surface area contributed by atoms with Crippen molar-refractivity contribution in [3.8, 4) is 30.3 Å². The molecule has 0 spiro atoms. The summed E-state index contributed by atoms with van der Waals surface area (Å²) in [5.41, 5.74) is -21.4. The average Bonchev–Trinajstić information content (AvgIpc) is 3.78. The normalized spacial score (nSPS) is 14.9. The Hall–Kier alpha value is -7.02. The molecule has 1 aliphatic carbocycles. The van der Waals surface area contributed by atoms with E-state index in [1.807, 2.05) is 0 Å². The second-order valence-electron chi connectivity index (χ2n) is 8.91. The second kappa shape index (κ2) is 12.1. The minimum Gasteiger partial charge on any atom is -0.237 e. The van der Waals surface area contributed by atoms with Gasteiger partial charge in [0.25, 0.3) is 0 Å². The van der Waals surface area contributed by atoms with E-state index in [0.29, 0.717) is 0 Å². The van der Waals surface area contributed by atoms with Gasteiger partial charge in [0.2, 0.25) is 5.70 Å². The molecule has 0 atom stereocenters. The SMILES string of the molecule is [C-]#[N+]C(=C1C(=C(\C#N)c2c(F)c(F)c(C#N)c(F)c2F)/C1=C(\C#N)c1c(F)c(F)c(C#N)c(F)c1F)c1c(F)c(F)c(C#N)c(F)c1F. The van der Waals surface area contributed by atoms with E-state index >= 15 is 26.3 Å². The number of nitrogens with zero attached hydrogens (tertiary/aromatic N) is 6. The van der Waals surface area contributed by atoms with Crippen LogP contribution in [0.2, 0.25) is 0 Å². The van der Waals surface area contributed by atoms with E-state index in [-0.39, 0.29) is 0 Å². The summed E-state index contributed by atoms with van der Waals surface area (Å²) >= 11 is 0. The summed E-state index contributed by atoms with van der Waals surface area (Å²) in [6.45, 7) is 7.40. The summed E-state index contributed by atoms with van der Waals surface area (Å²) in [5, 5.41) is 46.1. The summed E-state index contributed by atoms with van der Waals surface area (Å²) < 4.78 is 177. The Morgan fingerprint density at radius 1 is 0.396 bits per heavy atom. The number of allylic oxidation sites excluding steroid dienone is 5. The maximum absolute atomic E-state index is 15.0. The number of hydrogen-bond donors (Lipinski definition) is 0. The van der Waals surface area contributed by atoms with E-state index in [1.165, 1.54) is 0 Å². The summed E-state index contributed by atoms with van der Waals surface area (Å²) in [5.74, 6) is -29.8. The van der Waals surface area contributed by atoms with E-state index in [0.717, 1.165) is 30.3 Å². The van der Waals surface area contributed by atoms with Crippen LogP contribution in [0.25, 0.3) is 21.7 Å². The molecule has 1 aliphatic rings. The molecule has 0 N–H and O–H groups in total. The first-order valence-corrected chi connectivity index (χ1v) is 11.8. The first-order chi connectivity index (χ1) is 22.6. The monoisotopic (exact) mass is 672 g/mol. The van der Waals surface area contributed by atoms with Gasteiger partial charge in [-0.05, 0) is 16.7 Å². The second-order valence-corrected chi connectivity index (χ2v) is 8.91. The highest BCUT2D eigenvalue weighted by molar-refractivity contribution is 6.11. The lowest BCUT2D eigenvalue weighted by molar-refractivity contribution is 0.446. The Kier molecular flexibility index (Phi) is 8.51. The standard InChI is InChI=1S/C30F12N6/c1-48-30(17-28(41)22(35)11(6-47)23(36)29(17)42)16-12(7(2-43)14-24(37)18(31)9(4-45)19(32)25(14)38)13(16)8(3-44)15-26(39)20(33)10(5-46)21(34)27(15)40/b12-7-,13-8+,30-16?. The number of benzene rings is 3. The molecule has 4 rings (SSSR count). The third-order valence-corrected chi connectivity index (χ3v) is 6.62. The molecule has 0 aromatic heterocycles. The lowest BCUT2D eigenvalue weighted by atomic mass is 9.99. The van der Waals surface area contributed by atoms with Crippen molar-refractivity contribution in [2.75, 3.05) is 0 Å². The smallest absolute Gasteiger partial charge is 0.208 e. The van der Waals surface area contributed by atoms with Crippen molar-refractivity contribution in [3.63, 3.8) is 0 Å². The van der Waals surface area contributed by atoms with Crippen LogP contribution in [-0.2, 0) is 0 Å². The van der Waals surface area contributed by atoms with Crippen LogP contribution in [0.4, 0.5) is 52.7 Å². The molecule has 18 heteroatoms. The van der Waals surface area contributed by atoms with E-state index in [4.69, 9.17) is 22.4 Å². The predicted molar refractivity (Wildman–Crippen MR) is 132 cm³/mol. The molecule has 1 fully saturated rings. The van der Waals surface area contributed by atoms with Gasteiger partial charge in [0, 0.05) is 0 Å². The Balaban J connectivity index is 2.38. The van der Waals surface area contributed by atoms with E-state index in [9.17, 15) is 36.9 Å². The molecule has 0 amide bonds. The highest BCUT2D eigenvalue weighted by atomic mass is 19.2. The number of hydrogen-bond acceptors (Lipinski definition) is 5. The first-order valence-electron chi connectivity index (χ1n) is 11.8. The lowest BCUT2D eigenvalue weighted by Crippen LogP contribution is -2.06. The van der Waals surface area contributed by atoms with Gasteiger partial charge >= 0.3 is 0 Å². The Morgan fingerprint density at radius 3 is 0.854 bits per heavy atom. The van der Waals surface area contributed by atoms with Crippen LogP contribution in [0.15, 0.2) is 16.7 Å². The molecule has 0 saturated heterocycles. The predicted octanol–water partition coefficient (Wildman–Crippen LogP) is 7.57. The summed E-state index contributed by atoms with van der Waals surface area (Å²) in [4.78, 5) is 2.60. The topological polar surface area (TPSA) is 123 Å². The zero-order valence-corrected chi connectivity index (χ0v) is 22.2. The van der Waals surface area contributed by atoms with Crippen molar-refractivity contribution in [3.05, 3.63) is 131 Å². The van der Waals surface area contributed by atoms with Crippen LogP contribution in [0.5, 0.6) is 0 Å². The van der Waals surface area contributed by atoms with Gasteiger partial charge in [-0.2, -0.15) is 26.3 Å². The van der Waals surface area contributed by atoms with Crippen molar-refractivity contribution < 1.29 is 52.7 Å². The van der Waals surface area contributed by atoms with Crippen LogP contribution >= 0.6 is 0 Å². The van der Waals surface area contributed by atoms with Gasteiger partial charge in [0.1, 0.15) is 47.0 Å². The Labute approximate surface area is 257 Å².